The highest BCUT2D eigenvalue weighted by Crippen LogP contribution is 2.47. The lowest BCUT2D eigenvalue weighted by atomic mass is 9.84. The molecule has 226 valence electrons. The van der Waals surface area contributed by atoms with Crippen molar-refractivity contribution in [2.45, 2.75) is 64.3 Å². The Kier molecular flexibility index (Phi) is 7.64. The number of aliphatic hydroxyl groups is 1. The van der Waals surface area contributed by atoms with E-state index >= 15 is 0 Å². The third-order valence-electron chi connectivity index (χ3n) is 8.80. The maximum atomic E-state index is 14.3. The van der Waals surface area contributed by atoms with Crippen LogP contribution in [0.25, 0.3) is 34.0 Å². The van der Waals surface area contributed by atoms with E-state index in [0.717, 1.165) is 35.2 Å². The van der Waals surface area contributed by atoms with Crippen molar-refractivity contribution < 1.29 is 37.2 Å². The van der Waals surface area contributed by atoms with Gasteiger partial charge < -0.3 is 19.3 Å². The van der Waals surface area contributed by atoms with E-state index in [1.54, 1.807) is 18.2 Å². The zero-order chi connectivity index (χ0) is 30.5. The normalized spacial score (nSPS) is 19.6. The number of likely N-dealkylation sites (tertiary alicyclic amines) is 1. The number of aromatic nitrogens is 2. The van der Waals surface area contributed by atoms with Gasteiger partial charge in [0.05, 0.1) is 12.0 Å². The number of fused-ring (bicyclic) bond motifs is 3. The number of alkyl halides is 3. The molecule has 8 nitrogen and oxygen atoms in total. The molecule has 2 N–H and O–H groups in total. The van der Waals surface area contributed by atoms with E-state index in [9.17, 15) is 28.2 Å². The number of carboxylic acids is 1. The van der Waals surface area contributed by atoms with Crippen LogP contribution < -0.4 is 0 Å². The summed E-state index contributed by atoms with van der Waals surface area (Å²) in [6.07, 6.45) is -2.63. The Morgan fingerprint density at radius 3 is 2.51 bits per heavy atom. The van der Waals surface area contributed by atoms with Gasteiger partial charge in [0.2, 0.25) is 0 Å². The van der Waals surface area contributed by atoms with E-state index < -0.39 is 35.4 Å². The topological polar surface area (TPSA) is 113 Å². The second-order valence-corrected chi connectivity index (χ2v) is 11.4. The standard InChI is InChI=1S/C32H32F3N3O5/c1-3-24-20(31(40)41)10-7-13-38(24)16-25(39)22-15-19-11-12-21-27(23(19)14-17(22)2)36-43-30(21)28-26(32(33,34)35)29(42-37-28)18-8-5-4-6-9-18/h4-6,8-9,14-15,20,24-25,39H,3,7,10-13,16H2,1-2H3,(H,40,41)/t20-,24?,25?/m0/s1. The number of nitrogens with zero attached hydrogens (tertiary/aromatic N) is 3. The predicted molar refractivity (Wildman–Crippen MR) is 151 cm³/mol. The van der Waals surface area contributed by atoms with Crippen molar-refractivity contribution >= 4 is 5.97 Å². The molecule has 1 aliphatic carbocycles. The highest BCUT2D eigenvalue weighted by Gasteiger charge is 2.43. The first-order valence-electron chi connectivity index (χ1n) is 14.5. The average molecular weight is 596 g/mol. The van der Waals surface area contributed by atoms with Crippen LogP contribution in [-0.2, 0) is 23.8 Å². The second-order valence-electron chi connectivity index (χ2n) is 11.4. The van der Waals surface area contributed by atoms with Gasteiger partial charge in [-0.3, -0.25) is 9.69 Å². The third kappa shape index (κ3) is 5.25. The number of aliphatic carboxylic acids is 1. The van der Waals surface area contributed by atoms with Crippen LogP contribution in [0, 0.1) is 12.8 Å². The number of β-amino-alcohol motifs (C(OH)–C–C–N with tert-alkyl or cyclic N) is 1. The lowest BCUT2D eigenvalue weighted by Gasteiger charge is -2.40. The Balaban J connectivity index is 1.32. The van der Waals surface area contributed by atoms with Gasteiger partial charge in [-0.05, 0) is 68.3 Å². The molecule has 2 aromatic carbocycles. The number of aryl methyl sites for hydroxylation is 2. The molecule has 3 heterocycles. The number of rotatable bonds is 7. The molecule has 4 aromatic rings. The van der Waals surface area contributed by atoms with E-state index in [-0.39, 0.29) is 23.1 Å². The minimum Gasteiger partial charge on any atom is -0.481 e. The summed E-state index contributed by atoms with van der Waals surface area (Å²) in [7, 11) is 0. The zero-order valence-corrected chi connectivity index (χ0v) is 23.8. The number of hydrogen-bond donors (Lipinski definition) is 2. The molecule has 43 heavy (non-hydrogen) atoms. The van der Waals surface area contributed by atoms with Crippen molar-refractivity contribution in [1.82, 2.24) is 15.2 Å². The molecule has 0 radical (unpaired) electrons. The minimum absolute atomic E-state index is 0.0654. The summed E-state index contributed by atoms with van der Waals surface area (Å²) < 4.78 is 53.7. The molecule has 1 aliphatic heterocycles. The molecule has 0 saturated carbocycles. The molecule has 1 fully saturated rings. The lowest BCUT2D eigenvalue weighted by molar-refractivity contribution is -0.146. The van der Waals surface area contributed by atoms with Gasteiger partial charge in [-0.1, -0.05) is 53.6 Å². The van der Waals surface area contributed by atoms with Gasteiger partial charge in [0.25, 0.3) is 0 Å². The van der Waals surface area contributed by atoms with E-state index in [1.807, 2.05) is 26.0 Å². The SMILES string of the molecule is CCC1[C@@H](C(=O)O)CCCN1CC(O)c1cc2c(cc1C)-c1noc(-c3noc(-c4ccccc4)c3C(F)(F)F)c1CC2. The van der Waals surface area contributed by atoms with E-state index in [1.165, 1.54) is 12.1 Å². The largest absolute Gasteiger partial charge is 0.481 e. The first-order valence-corrected chi connectivity index (χ1v) is 14.5. The van der Waals surface area contributed by atoms with Crippen molar-refractivity contribution in [3.63, 3.8) is 0 Å². The molecular weight excluding hydrogens is 563 g/mol. The Labute approximate surface area is 246 Å². The molecule has 2 aliphatic rings. The molecule has 0 spiro atoms. The summed E-state index contributed by atoms with van der Waals surface area (Å²) in [4.78, 5) is 13.9. The first-order chi connectivity index (χ1) is 20.6. The number of piperidine rings is 1. The van der Waals surface area contributed by atoms with Crippen LogP contribution in [0.2, 0.25) is 0 Å². The van der Waals surface area contributed by atoms with Gasteiger partial charge in [-0.2, -0.15) is 13.2 Å². The summed E-state index contributed by atoms with van der Waals surface area (Å²) in [5.74, 6) is -1.71. The van der Waals surface area contributed by atoms with Crippen LogP contribution in [0.3, 0.4) is 0 Å². The number of benzene rings is 2. The van der Waals surface area contributed by atoms with Gasteiger partial charge in [0.15, 0.2) is 17.2 Å². The van der Waals surface area contributed by atoms with Crippen LogP contribution in [0.5, 0.6) is 0 Å². The van der Waals surface area contributed by atoms with Crippen LogP contribution in [0.15, 0.2) is 51.5 Å². The number of aliphatic hydroxyl groups excluding tert-OH is 1. The fraction of sp³-hybridized carbons (Fsp3) is 0.406. The molecule has 3 atom stereocenters. The van der Waals surface area contributed by atoms with Crippen molar-refractivity contribution in [3.8, 4) is 34.0 Å². The molecule has 1 saturated heterocycles. The van der Waals surface area contributed by atoms with Gasteiger partial charge in [-0.25, -0.2) is 0 Å². The zero-order valence-electron chi connectivity index (χ0n) is 23.8. The van der Waals surface area contributed by atoms with E-state index in [4.69, 9.17) is 9.05 Å². The fourth-order valence-electron chi connectivity index (χ4n) is 6.76. The predicted octanol–water partition coefficient (Wildman–Crippen LogP) is 6.70. The summed E-state index contributed by atoms with van der Waals surface area (Å²) in [5.41, 5.74) is 2.96. The molecule has 0 bridgehead atoms. The summed E-state index contributed by atoms with van der Waals surface area (Å²) in [6, 6.07) is 11.7. The molecule has 6 rings (SSSR count). The highest BCUT2D eigenvalue weighted by molar-refractivity contribution is 5.79. The Bertz CT molecular complexity index is 1650. The van der Waals surface area contributed by atoms with E-state index in [2.05, 4.69) is 15.2 Å². The van der Waals surface area contributed by atoms with Gasteiger partial charge >= 0.3 is 12.1 Å². The molecular formula is C32H32F3N3O5. The molecule has 11 heteroatoms. The van der Waals surface area contributed by atoms with Gasteiger partial charge in [0, 0.05) is 29.3 Å². The summed E-state index contributed by atoms with van der Waals surface area (Å²) in [6.45, 7) is 4.88. The Hall–Kier alpha value is -3.96. The fourth-order valence-corrected chi connectivity index (χ4v) is 6.76. The van der Waals surface area contributed by atoms with Gasteiger partial charge in [0.1, 0.15) is 11.3 Å². The van der Waals surface area contributed by atoms with Crippen molar-refractivity contribution in [2.24, 2.45) is 5.92 Å². The van der Waals surface area contributed by atoms with Crippen LogP contribution >= 0.6 is 0 Å². The molecule has 2 unspecified atom stereocenters. The first kappa shape index (κ1) is 29.1. The smallest absolute Gasteiger partial charge is 0.422 e. The minimum atomic E-state index is -4.75. The Morgan fingerprint density at radius 2 is 1.81 bits per heavy atom. The summed E-state index contributed by atoms with van der Waals surface area (Å²) >= 11 is 0. The molecule has 2 aromatic heterocycles. The van der Waals surface area contributed by atoms with Crippen LogP contribution in [0.4, 0.5) is 13.2 Å². The monoisotopic (exact) mass is 595 g/mol. The van der Waals surface area contributed by atoms with E-state index in [0.29, 0.717) is 43.5 Å². The maximum absolute atomic E-state index is 14.3. The second kappa shape index (κ2) is 11.3. The van der Waals surface area contributed by atoms with Crippen LogP contribution in [-0.4, -0.2) is 50.5 Å². The third-order valence-corrected chi connectivity index (χ3v) is 8.80. The summed E-state index contributed by atoms with van der Waals surface area (Å²) in [5, 5.41) is 29.0. The van der Waals surface area contributed by atoms with Gasteiger partial charge in [-0.15, -0.1) is 0 Å². The van der Waals surface area contributed by atoms with Crippen molar-refractivity contribution in [2.75, 3.05) is 13.1 Å². The average Bonchev–Trinajstić information content (AvgIpc) is 3.62. The maximum Gasteiger partial charge on any atom is 0.422 e. The number of halogens is 3. The lowest BCUT2D eigenvalue weighted by Crippen LogP contribution is -2.49. The number of carbonyl (C=O) groups is 1. The number of hydrogen-bond acceptors (Lipinski definition) is 7. The molecule has 0 amide bonds. The van der Waals surface area contributed by atoms with Crippen LogP contribution in [0.1, 0.15) is 60.1 Å². The van der Waals surface area contributed by atoms with Crippen molar-refractivity contribution in [3.05, 3.63) is 70.3 Å². The quantitative estimate of drug-likeness (QED) is 0.243. The van der Waals surface area contributed by atoms with Crippen molar-refractivity contribution in [1.29, 1.82) is 0 Å². The number of carboxylic acid groups (broad SMARTS) is 1. The Morgan fingerprint density at radius 1 is 1.09 bits per heavy atom. The highest BCUT2D eigenvalue weighted by atomic mass is 19.4.